The maximum absolute atomic E-state index is 13.8. The minimum absolute atomic E-state index is 0.0780. The molecule has 0 spiro atoms. The lowest BCUT2D eigenvalue weighted by Crippen LogP contribution is -2.47. The lowest BCUT2D eigenvalue weighted by Gasteiger charge is -2.35. The maximum atomic E-state index is 13.8. The zero-order chi connectivity index (χ0) is 20.8. The van der Waals surface area contributed by atoms with Gasteiger partial charge in [0.1, 0.15) is 12.4 Å². The van der Waals surface area contributed by atoms with Gasteiger partial charge < -0.3 is 14.8 Å². The highest BCUT2D eigenvalue weighted by Gasteiger charge is 2.36. The van der Waals surface area contributed by atoms with Gasteiger partial charge >= 0.3 is 12.0 Å². The Kier molecular flexibility index (Phi) is 6.61. The van der Waals surface area contributed by atoms with Crippen LogP contribution in [0.5, 0.6) is 0 Å². The molecule has 1 unspecified atom stereocenters. The van der Waals surface area contributed by atoms with E-state index in [1.165, 1.54) is 30.2 Å². The van der Waals surface area contributed by atoms with Gasteiger partial charge in [-0.1, -0.05) is 42.5 Å². The van der Waals surface area contributed by atoms with E-state index in [4.69, 9.17) is 9.47 Å². The highest BCUT2D eigenvalue weighted by atomic mass is 19.1. The molecule has 7 heteroatoms. The van der Waals surface area contributed by atoms with E-state index < -0.39 is 17.8 Å². The molecule has 0 saturated heterocycles. The molecule has 0 fully saturated rings. The fourth-order valence-corrected chi connectivity index (χ4v) is 3.23. The Morgan fingerprint density at radius 2 is 1.90 bits per heavy atom. The van der Waals surface area contributed by atoms with E-state index in [0.29, 0.717) is 17.8 Å². The Morgan fingerprint density at radius 3 is 2.59 bits per heavy atom. The number of esters is 1. The average molecular weight is 398 g/mol. The van der Waals surface area contributed by atoms with Crippen LogP contribution in [0.4, 0.5) is 9.18 Å². The highest BCUT2D eigenvalue weighted by Crippen LogP contribution is 2.32. The summed E-state index contributed by atoms with van der Waals surface area (Å²) < 4.78 is 24.0. The molecule has 1 aliphatic heterocycles. The number of halogens is 1. The number of carbonyl (C=O) groups excluding carboxylic acids is 2. The quantitative estimate of drug-likeness (QED) is 0.572. The van der Waals surface area contributed by atoms with Crippen molar-refractivity contribution in [2.24, 2.45) is 0 Å². The van der Waals surface area contributed by atoms with Crippen molar-refractivity contribution < 1.29 is 23.5 Å². The number of benzene rings is 2. The van der Waals surface area contributed by atoms with Crippen LogP contribution >= 0.6 is 0 Å². The normalized spacial score (nSPS) is 16.6. The molecule has 1 aliphatic rings. The molecule has 0 aliphatic carbocycles. The van der Waals surface area contributed by atoms with Gasteiger partial charge in [0.15, 0.2) is 0 Å². The number of hydrogen-bond acceptors (Lipinski definition) is 4. The van der Waals surface area contributed by atoms with Crippen LogP contribution in [0.1, 0.15) is 24.1 Å². The molecular formula is C22H23FN2O4. The summed E-state index contributed by atoms with van der Waals surface area (Å²) in [5, 5.41) is 2.81. The molecule has 6 nitrogen and oxygen atoms in total. The first kappa shape index (κ1) is 20.5. The lowest BCUT2D eigenvalue weighted by molar-refractivity contribution is -0.140. The molecule has 29 heavy (non-hydrogen) atoms. The average Bonchev–Trinajstić information content (AvgIpc) is 2.71. The summed E-state index contributed by atoms with van der Waals surface area (Å²) in [6, 6.07) is 14.1. The zero-order valence-corrected chi connectivity index (χ0v) is 16.4. The third-order valence-electron chi connectivity index (χ3n) is 4.70. The van der Waals surface area contributed by atoms with Gasteiger partial charge in [0.2, 0.25) is 0 Å². The molecule has 0 saturated carbocycles. The fraction of sp³-hybridized carbons (Fsp3) is 0.273. The standard InChI is InChI=1S/C22H23FN2O4/c1-15-19(21(26)29-12-11-28-2)20(17-9-6-10-18(23)13-17)24-22(27)25(15)14-16-7-4-3-5-8-16/h3-10,13,20H,11-12,14H2,1-2H3,(H,24,27). The van der Waals surface area contributed by atoms with Crippen LogP contribution in [0.15, 0.2) is 65.9 Å². The third-order valence-corrected chi connectivity index (χ3v) is 4.70. The SMILES string of the molecule is COCCOC(=O)C1=C(C)N(Cc2ccccc2)C(=O)NC1c1cccc(F)c1. The van der Waals surface area contributed by atoms with Crippen LogP contribution in [0.25, 0.3) is 0 Å². The summed E-state index contributed by atoms with van der Waals surface area (Å²) in [6.45, 7) is 2.32. The summed E-state index contributed by atoms with van der Waals surface area (Å²) in [5.74, 6) is -1.03. The van der Waals surface area contributed by atoms with E-state index in [1.54, 1.807) is 13.0 Å². The monoisotopic (exact) mass is 398 g/mol. The molecule has 2 aromatic carbocycles. The number of amides is 2. The van der Waals surface area contributed by atoms with Gasteiger partial charge in [-0.3, -0.25) is 4.90 Å². The van der Waals surface area contributed by atoms with E-state index >= 15 is 0 Å². The van der Waals surface area contributed by atoms with E-state index in [0.717, 1.165) is 5.56 Å². The maximum Gasteiger partial charge on any atom is 0.338 e. The first-order chi connectivity index (χ1) is 14.0. The Bertz CT molecular complexity index is 914. The predicted molar refractivity (Wildman–Crippen MR) is 105 cm³/mol. The molecule has 0 radical (unpaired) electrons. The van der Waals surface area contributed by atoms with E-state index in [1.807, 2.05) is 30.3 Å². The van der Waals surface area contributed by atoms with Gasteiger partial charge in [-0.2, -0.15) is 0 Å². The van der Waals surface area contributed by atoms with Gasteiger partial charge in [0, 0.05) is 12.8 Å². The van der Waals surface area contributed by atoms with Crippen molar-refractivity contribution in [1.29, 1.82) is 0 Å². The minimum Gasteiger partial charge on any atom is -0.460 e. The number of ether oxygens (including phenoxy) is 2. The Hall–Kier alpha value is -3.19. The number of nitrogens with zero attached hydrogens (tertiary/aromatic N) is 1. The van der Waals surface area contributed by atoms with E-state index in [2.05, 4.69) is 5.32 Å². The zero-order valence-electron chi connectivity index (χ0n) is 16.4. The first-order valence-corrected chi connectivity index (χ1v) is 9.25. The summed E-state index contributed by atoms with van der Waals surface area (Å²) in [4.78, 5) is 27.2. The summed E-state index contributed by atoms with van der Waals surface area (Å²) in [5.41, 5.74) is 2.12. The largest absolute Gasteiger partial charge is 0.460 e. The molecule has 2 aromatic rings. The molecule has 1 N–H and O–H groups in total. The van der Waals surface area contributed by atoms with E-state index in [9.17, 15) is 14.0 Å². The molecule has 2 amide bonds. The molecule has 1 heterocycles. The van der Waals surface area contributed by atoms with E-state index in [-0.39, 0.29) is 24.8 Å². The number of allylic oxidation sites excluding steroid dienone is 1. The van der Waals surface area contributed by atoms with Gasteiger partial charge in [0.25, 0.3) is 0 Å². The van der Waals surface area contributed by atoms with Crippen LogP contribution in [0, 0.1) is 5.82 Å². The van der Waals surface area contributed by atoms with Crippen molar-refractivity contribution in [2.45, 2.75) is 19.5 Å². The second-order valence-corrected chi connectivity index (χ2v) is 6.64. The van der Waals surface area contributed by atoms with Crippen LogP contribution in [0.2, 0.25) is 0 Å². The molecule has 0 bridgehead atoms. The van der Waals surface area contributed by atoms with Crippen molar-refractivity contribution in [3.05, 3.63) is 82.8 Å². The second-order valence-electron chi connectivity index (χ2n) is 6.64. The molecular weight excluding hydrogens is 375 g/mol. The Morgan fingerprint density at radius 1 is 1.14 bits per heavy atom. The summed E-state index contributed by atoms with van der Waals surface area (Å²) in [7, 11) is 1.51. The molecule has 152 valence electrons. The minimum atomic E-state index is -0.805. The van der Waals surface area contributed by atoms with Gasteiger partial charge in [-0.25, -0.2) is 14.0 Å². The van der Waals surface area contributed by atoms with Crippen LogP contribution in [-0.2, 0) is 20.8 Å². The number of carbonyl (C=O) groups is 2. The predicted octanol–water partition coefficient (Wildman–Crippen LogP) is 3.56. The van der Waals surface area contributed by atoms with Crippen LogP contribution in [-0.4, -0.2) is 37.2 Å². The van der Waals surface area contributed by atoms with Crippen molar-refractivity contribution >= 4 is 12.0 Å². The number of urea groups is 1. The van der Waals surface area contributed by atoms with Crippen molar-refractivity contribution in [3.8, 4) is 0 Å². The van der Waals surface area contributed by atoms with Crippen molar-refractivity contribution in [1.82, 2.24) is 10.2 Å². The van der Waals surface area contributed by atoms with Crippen molar-refractivity contribution in [2.75, 3.05) is 20.3 Å². The number of nitrogens with one attached hydrogen (secondary N) is 1. The van der Waals surface area contributed by atoms with Gasteiger partial charge in [0.05, 0.1) is 24.8 Å². The lowest BCUT2D eigenvalue weighted by atomic mass is 9.94. The van der Waals surface area contributed by atoms with Gasteiger partial charge in [-0.05, 0) is 30.2 Å². The Labute approximate surface area is 168 Å². The van der Waals surface area contributed by atoms with Crippen LogP contribution < -0.4 is 5.32 Å². The topological polar surface area (TPSA) is 67.9 Å². The molecule has 3 rings (SSSR count). The molecule has 0 aromatic heterocycles. The number of rotatable bonds is 7. The summed E-state index contributed by atoms with van der Waals surface area (Å²) in [6.07, 6.45) is 0. The second kappa shape index (κ2) is 9.34. The first-order valence-electron chi connectivity index (χ1n) is 9.25. The highest BCUT2D eigenvalue weighted by molar-refractivity contribution is 5.95. The van der Waals surface area contributed by atoms with Crippen molar-refractivity contribution in [3.63, 3.8) is 0 Å². The Balaban J connectivity index is 1.98. The summed E-state index contributed by atoms with van der Waals surface area (Å²) >= 11 is 0. The smallest absolute Gasteiger partial charge is 0.338 e. The number of hydrogen-bond donors (Lipinski definition) is 1. The molecule has 1 atom stereocenters. The third kappa shape index (κ3) is 4.81. The number of methoxy groups -OCH3 is 1. The van der Waals surface area contributed by atoms with Gasteiger partial charge in [-0.15, -0.1) is 0 Å². The fourth-order valence-electron chi connectivity index (χ4n) is 3.23. The van der Waals surface area contributed by atoms with Crippen LogP contribution in [0.3, 0.4) is 0 Å².